The zero-order valence-electron chi connectivity index (χ0n) is 15.5. The molecule has 0 fully saturated rings. The minimum Gasteiger partial charge on any atom is -0.464 e. The van der Waals surface area contributed by atoms with E-state index in [9.17, 15) is 52.7 Å². The van der Waals surface area contributed by atoms with E-state index in [1.165, 1.54) is 13.8 Å². The maximum absolute atomic E-state index is 13.9. The molecular weight excluding hydrogens is 449 g/mol. The molecule has 0 aliphatic rings. The molecule has 0 aliphatic heterocycles. The van der Waals surface area contributed by atoms with Crippen LogP contribution >= 0.6 is 0 Å². The minimum atomic E-state index is -7.34. The summed E-state index contributed by atoms with van der Waals surface area (Å²) in [5.74, 6) is -16.2. The van der Waals surface area contributed by atoms with Crippen molar-refractivity contribution in [3.8, 4) is 0 Å². The number of hydrogen-bond acceptors (Lipinski definition) is 4. The predicted octanol–water partition coefficient (Wildman–Crippen LogP) is 4.04. The van der Waals surface area contributed by atoms with Gasteiger partial charge in [0, 0.05) is 13.1 Å². The summed E-state index contributed by atoms with van der Waals surface area (Å²) in [5, 5.41) is -6.81. The third-order valence-corrected chi connectivity index (χ3v) is 5.80. The first-order chi connectivity index (χ1) is 12.8. The van der Waals surface area contributed by atoms with Crippen LogP contribution in [-0.4, -0.2) is 61.7 Å². The molecule has 174 valence electrons. The molecule has 0 N–H and O–H groups in total. The lowest BCUT2D eigenvalue weighted by Gasteiger charge is -2.35. The molecule has 29 heavy (non-hydrogen) atoms. The Morgan fingerprint density at radius 1 is 0.931 bits per heavy atom. The van der Waals surface area contributed by atoms with Gasteiger partial charge in [-0.3, -0.25) is 4.79 Å². The molecule has 0 spiro atoms. The fourth-order valence-electron chi connectivity index (χ4n) is 1.84. The fourth-order valence-corrected chi connectivity index (χ4v) is 3.36. The van der Waals surface area contributed by atoms with Crippen molar-refractivity contribution in [2.45, 2.75) is 56.9 Å². The van der Waals surface area contributed by atoms with Crippen molar-refractivity contribution in [2.75, 3.05) is 19.7 Å². The molecule has 5 nitrogen and oxygen atoms in total. The number of carbonyl (C=O) groups is 1. The molecule has 0 bridgehead atoms. The molecule has 0 aromatic heterocycles. The molecule has 1 atom stereocenters. The highest BCUT2D eigenvalue weighted by Gasteiger charge is 2.85. The lowest BCUT2D eigenvalue weighted by atomic mass is 10.1. The fraction of sp³-hybridized carbons (Fsp3) is 0.929. The molecule has 0 amide bonds. The number of sulfonamides is 1. The maximum Gasteiger partial charge on any atom is 0.460 e. The Labute approximate surface area is 161 Å². The van der Waals surface area contributed by atoms with Crippen LogP contribution in [-0.2, 0) is 19.6 Å². The van der Waals surface area contributed by atoms with E-state index in [0.717, 1.165) is 0 Å². The summed E-state index contributed by atoms with van der Waals surface area (Å²) in [6.07, 6.45) is -7.13. The summed E-state index contributed by atoms with van der Waals surface area (Å²) in [5.41, 5.74) is 0. The Morgan fingerprint density at radius 3 is 1.79 bits per heavy atom. The third-order valence-electron chi connectivity index (χ3n) is 3.85. The largest absolute Gasteiger partial charge is 0.464 e. The molecule has 0 heterocycles. The number of nitrogens with zero attached hydrogens (tertiary/aromatic N) is 1. The Hall–Kier alpha value is -1.25. The van der Waals surface area contributed by atoms with Gasteiger partial charge in [0.25, 0.3) is 10.0 Å². The Balaban J connectivity index is 5.82. The summed E-state index contributed by atoms with van der Waals surface area (Å²) in [6, 6.07) is 0. The van der Waals surface area contributed by atoms with E-state index < -0.39 is 69.2 Å². The van der Waals surface area contributed by atoms with E-state index in [0.29, 0.717) is 6.42 Å². The third kappa shape index (κ3) is 5.27. The standard InChI is InChI=1S/C14H20F9NO4S/c1-4-6-24(7-8-28-10(25)9(3)5-2)29(26,27)14(22,23)12(17,18)11(15,16)13(19,20)21/h9H,4-8H2,1-3H3. The summed E-state index contributed by atoms with van der Waals surface area (Å²) < 4.78 is 145. The van der Waals surface area contributed by atoms with Crippen molar-refractivity contribution in [3.05, 3.63) is 0 Å². The van der Waals surface area contributed by atoms with Crippen LogP contribution in [0.3, 0.4) is 0 Å². The zero-order chi connectivity index (χ0) is 23.5. The van der Waals surface area contributed by atoms with Crippen molar-refractivity contribution in [2.24, 2.45) is 5.92 Å². The van der Waals surface area contributed by atoms with Crippen LogP contribution in [0.25, 0.3) is 0 Å². The topological polar surface area (TPSA) is 63.7 Å². The molecule has 0 aromatic rings. The van der Waals surface area contributed by atoms with E-state index in [4.69, 9.17) is 0 Å². The number of carbonyl (C=O) groups excluding carboxylic acids is 1. The first-order valence-corrected chi connectivity index (χ1v) is 9.63. The molecule has 0 radical (unpaired) electrons. The molecule has 0 aromatic carbocycles. The number of esters is 1. The van der Waals surface area contributed by atoms with Crippen LogP contribution in [0.15, 0.2) is 0 Å². The lowest BCUT2D eigenvalue weighted by molar-refractivity contribution is -0.382. The molecule has 0 saturated carbocycles. The van der Waals surface area contributed by atoms with E-state index in [1.807, 2.05) is 0 Å². The van der Waals surface area contributed by atoms with Gasteiger partial charge in [-0.25, -0.2) is 8.42 Å². The molecule has 0 rings (SSSR count). The normalized spacial score (nSPS) is 15.5. The van der Waals surface area contributed by atoms with Gasteiger partial charge in [0.1, 0.15) is 6.61 Å². The van der Waals surface area contributed by atoms with Crippen molar-refractivity contribution in [1.82, 2.24) is 4.31 Å². The van der Waals surface area contributed by atoms with Crippen LogP contribution < -0.4 is 0 Å². The summed E-state index contributed by atoms with van der Waals surface area (Å²) in [6.45, 7) is 1.22. The van der Waals surface area contributed by atoms with E-state index in [1.54, 1.807) is 6.92 Å². The van der Waals surface area contributed by atoms with Crippen molar-refractivity contribution in [3.63, 3.8) is 0 Å². The molecule has 0 saturated heterocycles. The predicted molar refractivity (Wildman–Crippen MR) is 82.1 cm³/mol. The second-order valence-corrected chi connectivity index (χ2v) is 8.02. The SMILES string of the molecule is CCCN(CCOC(=O)C(C)CC)S(=O)(=O)C(F)(F)C(F)(F)C(F)(F)C(F)(F)F. The quantitative estimate of drug-likeness (QED) is 0.339. The van der Waals surface area contributed by atoms with Gasteiger partial charge in [-0.05, 0) is 12.8 Å². The van der Waals surface area contributed by atoms with Crippen LogP contribution in [0, 0.1) is 5.92 Å². The van der Waals surface area contributed by atoms with Crippen LogP contribution in [0.2, 0.25) is 0 Å². The van der Waals surface area contributed by atoms with Gasteiger partial charge in [0.2, 0.25) is 0 Å². The summed E-state index contributed by atoms with van der Waals surface area (Å²) in [7, 11) is -6.71. The highest BCUT2D eigenvalue weighted by Crippen LogP contribution is 2.55. The van der Waals surface area contributed by atoms with Crippen molar-refractivity contribution >= 4 is 16.0 Å². The van der Waals surface area contributed by atoms with Gasteiger partial charge >= 0.3 is 29.2 Å². The van der Waals surface area contributed by atoms with Gasteiger partial charge in [0.15, 0.2) is 0 Å². The number of hydrogen-bond donors (Lipinski definition) is 0. The Kier molecular flexibility index (Phi) is 8.87. The van der Waals surface area contributed by atoms with E-state index in [-0.39, 0.29) is 6.42 Å². The number of alkyl halides is 9. The van der Waals surface area contributed by atoms with Gasteiger partial charge in [-0.15, -0.1) is 0 Å². The van der Waals surface area contributed by atoms with E-state index in [2.05, 4.69) is 4.74 Å². The summed E-state index contributed by atoms with van der Waals surface area (Å²) >= 11 is 0. The maximum atomic E-state index is 13.9. The van der Waals surface area contributed by atoms with Gasteiger partial charge in [-0.1, -0.05) is 20.8 Å². The van der Waals surface area contributed by atoms with Gasteiger partial charge in [0.05, 0.1) is 5.92 Å². The smallest absolute Gasteiger partial charge is 0.460 e. The van der Waals surface area contributed by atoms with Gasteiger partial charge < -0.3 is 4.74 Å². The Bertz CT molecular complexity index is 664. The number of ether oxygens (including phenoxy) is 1. The number of halogens is 9. The highest BCUT2D eigenvalue weighted by atomic mass is 32.2. The molecule has 0 aliphatic carbocycles. The first kappa shape index (κ1) is 27.8. The lowest BCUT2D eigenvalue weighted by Crippen LogP contribution is -2.65. The molecule has 15 heteroatoms. The number of rotatable bonds is 11. The highest BCUT2D eigenvalue weighted by molar-refractivity contribution is 7.90. The molecular formula is C14H20F9NO4S. The average Bonchev–Trinajstić information content (AvgIpc) is 2.58. The Morgan fingerprint density at radius 2 is 1.41 bits per heavy atom. The average molecular weight is 469 g/mol. The molecule has 1 unspecified atom stereocenters. The van der Waals surface area contributed by atoms with Gasteiger partial charge in [-0.2, -0.15) is 43.8 Å². The van der Waals surface area contributed by atoms with E-state index >= 15 is 0 Å². The second-order valence-electron chi connectivity index (χ2n) is 6.04. The minimum absolute atomic E-state index is 0.282. The van der Waals surface area contributed by atoms with Crippen LogP contribution in [0.5, 0.6) is 0 Å². The zero-order valence-corrected chi connectivity index (χ0v) is 16.3. The monoisotopic (exact) mass is 469 g/mol. The van der Waals surface area contributed by atoms with Crippen LogP contribution in [0.4, 0.5) is 39.5 Å². The first-order valence-electron chi connectivity index (χ1n) is 8.19. The van der Waals surface area contributed by atoms with Crippen LogP contribution in [0.1, 0.15) is 33.6 Å². The van der Waals surface area contributed by atoms with Crippen molar-refractivity contribution < 1.29 is 57.5 Å². The second kappa shape index (κ2) is 9.27. The van der Waals surface area contributed by atoms with Crippen molar-refractivity contribution in [1.29, 1.82) is 0 Å². The summed E-state index contributed by atoms with van der Waals surface area (Å²) in [4.78, 5) is 11.5.